The summed E-state index contributed by atoms with van der Waals surface area (Å²) < 4.78 is 10.4. The average Bonchev–Trinajstić information content (AvgIpc) is 2.88. The molecule has 2 aliphatic rings. The van der Waals surface area contributed by atoms with E-state index in [0.717, 1.165) is 19.3 Å². The van der Waals surface area contributed by atoms with Gasteiger partial charge in [-0.25, -0.2) is 4.79 Å². The number of esters is 1. The van der Waals surface area contributed by atoms with E-state index in [2.05, 4.69) is 13.5 Å². The summed E-state index contributed by atoms with van der Waals surface area (Å²) in [5, 5.41) is 0. The van der Waals surface area contributed by atoms with Crippen molar-refractivity contribution in [1.29, 1.82) is 0 Å². The largest absolute Gasteiger partial charge is 0.466 e. The van der Waals surface area contributed by atoms with Gasteiger partial charge >= 0.3 is 5.97 Å². The fraction of sp³-hybridized carbons (Fsp3) is 0.750. The van der Waals surface area contributed by atoms with Crippen molar-refractivity contribution in [3.63, 3.8) is 0 Å². The third kappa shape index (κ3) is 1.59. The first-order valence-corrected chi connectivity index (χ1v) is 5.57. The predicted molar refractivity (Wildman–Crippen MR) is 56.4 cm³/mol. The molecule has 2 rings (SSSR count). The molecular formula is C12H18O3. The fourth-order valence-corrected chi connectivity index (χ4v) is 2.83. The molecule has 84 valence electrons. The van der Waals surface area contributed by atoms with Crippen molar-refractivity contribution < 1.29 is 14.3 Å². The van der Waals surface area contributed by atoms with Gasteiger partial charge in [0.15, 0.2) is 0 Å². The van der Waals surface area contributed by atoms with Crippen molar-refractivity contribution in [1.82, 2.24) is 0 Å². The summed E-state index contributed by atoms with van der Waals surface area (Å²) in [4.78, 5) is 11.5. The van der Waals surface area contributed by atoms with E-state index in [9.17, 15) is 4.79 Å². The van der Waals surface area contributed by atoms with Crippen LogP contribution in [0.25, 0.3) is 0 Å². The van der Waals surface area contributed by atoms with Gasteiger partial charge in [-0.2, -0.15) is 0 Å². The molecule has 1 saturated carbocycles. The molecule has 2 fully saturated rings. The minimum absolute atomic E-state index is 0.0937. The van der Waals surface area contributed by atoms with Crippen LogP contribution in [0.5, 0.6) is 0 Å². The van der Waals surface area contributed by atoms with Gasteiger partial charge in [0, 0.05) is 11.5 Å². The van der Waals surface area contributed by atoms with Crippen LogP contribution in [0.3, 0.4) is 0 Å². The van der Waals surface area contributed by atoms with E-state index >= 15 is 0 Å². The molecule has 0 amide bonds. The van der Waals surface area contributed by atoms with E-state index in [1.807, 2.05) is 0 Å². The van der Waals surface area contributed by atoms with Crippen molar-refractivity contribution in [3.05, 3.63) is 12.2 Å². The minimum atomic E-state index is -0.288. The number of hydrogen-bond donors (Lipinski definition) is 0. The monoisotopic (exact) mass is 210 g/mol. The van der Waals surface area contributed by atoms with E-state index in [1.165, 1.54) is 13.5 Å². The summed E-state index contributed by atoms with van der Waals surface area (Å²) >= 11 is 0. The van der Waals surface area contributed by atoms with Crippen LogP contribution in [0.15, 0.2) is 12.2 Å². The molecule has 0 aromatic carbocycles. The van der Waals surface area contributed by atoms with Crippen molar-refractivity contribution >= 4 is 5.97 Å². The number of hydrogen-bond acceptors (Lipinski definition) is 3. The molecule has 0 aromatic rings. The molecule has 1 spiro atoms. The molecule has 3 heteroatoms. The Hall–Kier alpha value is -0.830. The molecule has 1 saturated heterocycles. The number of epoxide rings is 1. The van der Waals surface area contributed by atoms with Crippen LogP contribution >= 0.6 is 0 Å². The molecular weight excluding hydrogens is 192 g/mol. The molecule has 0 radical (unpaired) electrons. The normalized spacial score (nSPS) is 38.8. The second-order valence-electron chi connectivity index (χ2n) is 4.53. The highest BCUT2D eigenvalue weighted by Gasteiger charge is 2.60. The van der Waals surface area contributed by atoms with Gasteiger partial charge in [-0.15, -0.1) is 0 Å². The third-order valence-corrected chi connectivity index (χ3v) is 3.80. The highest BCUT2D eigenvalue weighted by Crippen LogP contribution is 2.53. The van der Waals surface area contributed by atoms with Gasteiger partial charge in [-0.1, -0.05) is 19.4 Å². The first-order chi connectivity index (χ1) is 7.12. The van der Waals surface area contributed by atoms with Gasteiger partial charge in [0.05, 0.1) is 13.2 Å². The lowest BCUT2D eigenvalue weighted by Gasteiger charge is -2.29. The molecule has 0 N–H and O–H groups in total. The van der Waals surface area contributed by atoms with Gasteiger partial charge in [0.1, 0.15) is 5.60 Å². The number of carbonyl (C=O) groups is 1. The summed E-state index contributed by atoms with van der Waals surface area (Å²) in [6, 6.07) is 0. The standard InChI is InChI=1S/C12H18O3/c1-8(11(13)14-3)10-6-4-5-7-12(10)9(2)15-12/h9-10H,1,4-7H2,2-3H3/t9-,10+,12+/m0/s1. The maximum Gasteiger partial charge on any atom is 0.333 e. The second kappa shape index (κ2) is 3.63. The first-order valence-electron chi connectivity index (χ1n) is 5.57. The summed E-state index contributed by atoms with van der Waals surface area (Å²) in [7, 11) is 1.40. The van der Waals surface area contributed by atoms with E-state index in [0.29, 0.717) is 5.57 Å². The van der Waals surface area contributed by atoms with Crippen LogP contribution in [0.4, 0.5) is 0 Å². The Morgan fingerprint density at radius 1 is 1.53 bits per heavy atom. The van der Waals surface area contributed by atoms with E-state index < -0.39 is 0 Å². The minimum Gasteiger partial charge on any atom is -0.466 e. The lowest BCUT2D eigenvalue weighted by molar-refractivity contribution is -0.137. The van der Waals surface area contributed by atoms with E-state index in [-0.39, 0.29) is 23.6 Å². The summed E-state index contributed by atoms with van der Waals surface area (Å²) in [6.45, 7) is 5.94. The Balaban J connectivity index is 2.13. The van der Waals surface area contributed by atoms with Gasteiger partial charge in [0.25, 0.3) is 0 Å². The molecule has 0 aromatic heterocycles. The molecule has 0 unspecified atom stereocenters. The first kappa shape index (κ1) is 10.7. The average molecular weight is 210 g/mol. The zero-order valence-corrected chi connectivity index (χ0v) is 9.41. The SMILES string of the molecule is C=C(C(=O)OC)[C@H]1CCCC[C@]12O[C@H]2C. The lowest BCUT2D eigenvalue weighted by atomic mass is 9.73. The smallest absolute Gasteiger partial charge is 0.333 e. The number of ether oxygens (including phenoxy) is 2. The van der Waals surface area contributed by atoms with E-state index in [1.54, 1.807) is 0 Å². The van der Waals surface area contributed by atoms with Gasteiger partial charge in [-0.05, 0) is 19.8 Å². The summed E-state index contributed by atoms with van der Waals surface area (Å²) in [6.07, 6.45) is 4.66. The predicted octanol–water partition coefficient (Wildman–Crippen LogP) is 2.06. The Morgan fingerprint density at radius 3 is 2.73 bits per heavy atom. The molecule has 3 nitrogen and oxygen atoms in total. The molecule has 15 heavy (non-hydrogen) atoms. The lowest BCUT2D eigenvalue weighted by Crippen LogP contribution is -2.34. The highest BCUT2D eigenvalue weighted by atomic mass is 16.6. The summed E-state index contributed by atoms with van der Waals surface area (Å²) in [5.74, 6) is -0.127. The van der Waals surface area contributed by atoms with Crippen LogP contribution in [0.1, 0.15) is 32.6 Å². The Labute approximate surface area is 90.4 Å². The van der Waals surface area contributed by atoms with Crippen LogP contribution < -0.4 is 0 Å². The Kier molecular flexibility index (Phi) is 2.59. The fourth-order valence-electron chi connectivity index (χ4n) is 2.83. The summed E-state index contributed by atoms with van der Waals surface area (Å²) in [5.41, 5.74) is 0.491. The third-order valence-electron chi connectivity index (χ3n) is 3.80. The van der Waals surface area contributed by atoms with Gasteiger partial charge in [-0.3, -0.25) is 0 Å². The van der Waals surface area contributed by atoms with Crippen molar-refractivity contribution in [2.24, 2.45) is 5.92 Å². The second-order valence-corrected chi connectivity index (χ2v) is 4.53. The molecule has 3 atom stereocenters. The number of methoxy groups -OCH3 is 1. The molecule has 1 aliphatic carbocycles. The molecule has 1 heterocycles. The topological polar surface area (TPSA) is 38.8 Å². The quantitative estimate of drug-likeness (QED) is 0.398. The maximum absolute atomic E-state index is 11.5. The Morgan fingerprint density at radius 2 is 2.20 bits per heavy atom. The van der Waals surface area contributed by atoms with Crippen molar-refractivity contribution in [3.8, 4) is 0 Å². The van der Waals surface area contributed by atoms with Gasteiger partial charge in [0.2, 0.25) is 0 Å². The highest BCUT2D eigenvalue weighted by molar-refractivity contribution is 5.88. The van der Waals surface area contributed by atoms with Crippen LogP contribution in [0, 0.1) is 5.92 Å². The number of carbonyl (C=O) groups excluding carboxylic acids is 1. The zero-order valence-electron chi connectivity index (χ0n) is 9.41. The Bertz CT molecular complexity index is 297. The number of rotatable bonds is 2. The van der Waals surface area contributed by atoms with Crippen molar-refractivity contribution in [2.45, 2.75) is 44.3 Å². The van der Waals surface area contributed by atoms with Crippen LogP contribution in [-0.4, -0.2) is 24.8 Å². The van der Waals surface area contributed by atoms with E-state index in [4.69, 9.17) is 9.47 Å². The van der Waals surface area contributed by atoms with Crippen molar-refractivity contribution in [2.75, 3.05) is 7.11 Å². The van der Waals surface area contributed by atoms with Crippen LogP contribution in [0.2, 0.25) is 0 Å². The van der Waals surface area contributed by atoms with Crippen LogP contribution in [-0.2, 0) is 14.3 Å². The molecule has 0 bridgehead atoms. The molecule has 1 aliphatic heterocycles. The van der Waals surface area contributed by atoms with Gasteiger partial charge < -0.3 is 9.47 Å². The zero-order chi connectivity index (χ0) is 11.1. The maximum atomic E-state index is 11.5.